The van der Waals surface area contributed by atoms with Gasteiger partial charge in [-0.3, -0.25) is 4.79 Å². The summed E-state index contributed by atoms with van der Waals surface area (Å²) in [5.74, 6) is 0.0840. The molecule has 2 atom stereocenters. The maximum absolute atomic E-state index is 13.3. The Balaban J connectivity index is 1.43. The highest BCUT2D eigenvalue weighted by Gasteiger charge is 2.60. The van der Waals surface area contributed by atoms with E-state index in [1.807, 2.05) is 31.2 Å². The van der Waals surface area contributed by atoms with Gasteiger partial charge in [-0.25, -0.2) is 9.78 Å². The van der Waals surface area contributed by atoms with E-state index in [4.69, 9.17) is 9.47 Å². The molecular weight excluding hydrogens is 394 g/mol. The van der Waals surface area contributed by atoms with E-state index < -0.39 is 17.0 Å². The van der Waals surface area contributed by atoms with E-state index in [1.54, 1.807) is 6.92 Å². The first-order chi connectivity index (χ1) is 14.8. The van der Waals surface area contributed by atoms with Crippen molar-refractivity contribution >= 4 is 22.8 Å². The van der Waals surface area contributed by atoms with Crippen molar-refractivity contribution in [2.45, 2.75) is 64.6 Å². The van der Waals surface area contributed by atoms with Crippen molar-refractivity contribution in [2.75, 3.05) is 6.61 Å². The van der Waals surface area contributed by atoms with Crippen molar-refractivity contribution in [3.05, 3.63) is 41.1 Å². The second kappa shape index (κ2) is 7.30. The molecule has 6 nitrogen and oxygen atoms in total. The summed E-state index contributed by atoms with van der Waals surface area (Å²) in [5, 5.41) is 11.8. The van der Waals surface area contributed by atoms with Gasteiger partial charge in [-0.2, -0.15) is 0 Å². The quantitative estimate of drug-likeness (QED) is 0.729. The van der Waals surface area contributed by atoms with Crippen molar-refractivity contribution in [2.24, 2.45) is 17.3 Å². The number of carbonyl (C=O) groups is 2. The molecule has 4 aliphatic rings. The van der Waals surface area contributed by atoms with Crippen LogP contribution in [0.1, 0.15) is 67.1 Å². The van der Waals surface area contributed by atoms with Crippen LogP contribution in [0.25, 0.3) is 10.9 Å². The fourth-order valence-corrected chi connectivity index (χ4v) is 6.76. The predicted molar refractivity (Wildman–Crippen MR) is 114 cm³/mol. The van der Waals surface area contributed by atoms with Crippen LogP contribution in [0.5, 0.6) is 0 Å². The number of hydrogen-bond donors (Lipinski definition) is 1. The minimum atomic E-state index is -0.725. The Morgan fingerprint density at radius 3 is 2.52 bits per heavy atom. The van der Waals surface area contributed by atoms with Crippen LogP contribution in [0.3, 0.4) is 0 Å². The molecule has 31 heavy (non-hydrogen) atoms. The molecular formula is C25H29NO5. The van der Waals surface area contributed by atoms with Crippen LogP contribution in [-0.4, -0.2) is 34.2 Å². The van der Waals surface area contributed by atoms with Crippen molar-refractivity contribution in [1.29, 1.82) is 0 Å². The molecule has 4 aliphatic carbocycles. The molecule has 0 radical (unpaired) electrons. The number of rotatable bonds is 5. The Labute approximate surface area is 181 Å². The number of fused-ring (bicyclic) bond motifs is 1. The van der Waals surface area contributed by atoms with Gasteiger partial charge in [0.25, 0.3) is 0 Å². The number of hydrogen-bond acceptors (Lipinski definition) is 6. The highest BCUT2D eigenvalue weighted by atomic mass is 16.5. The monoisotopic (exact) mass is 423 g/mol. The fraction of sp³-hybridized carbons (Fsp3) is 0.560. The summed E-state index contributed by atoms with van der Waals surface area (Å²) >= 11 is 0. The molecule has 0 aliphatic heterocycles. The van der Waals surface area contributed by atoms with E-state index in [9.17, 15) is 14.7 Å². The lowest BCUT2D eigenvalue weighted by atomic mass is 9.48. The summed E-state index contributed by atoms with van der Waals surface area (Å²) in [5.41, 5.74) is 0.998. The van der Waals surface area contributed by atoms with Gasteiger partial charge in [-0.05, 0) is 75.8 Å². The summed E-state index contributed by atoms with van der Waals surface area (Å²) in [7, 11) is 0. The third-order valence-corrected chi connectivity index (χ3v) is 7.51. The van der Waals surface area contributed by atoms with Gasteiger partial charge >= 0.3 is 11.9 Å². The number of aliphatic hydroxyl groups is 1. The van der Waals surface area contributed by atoms with E-state index in [1.165, 1.54) is 0 Å². The highest BCUT2D eigenvalue weighted by molar-refractivity contribution is 5.98. The molecule has 164 valence electrons. The maximum Gasteiger partial charge on any atom is 0.340 e. The molecule has 2 unspecified atom stereocenters. The van der Waals surface area contributed by atoms with Crippen LogP contribution in [-0.2, 0) is 20.9 Å². The summed E-state index contributed by atoms with van der Waals surface area (Å²) < 4.78 is 11.1. The zero-order chi connectivity index (χ0) is 21.8. The van der Waals surface area contributed by atoms with Crippen molar-refractivity contribution < 1.29 is 24.2 Å². The number of carbonyl (C=O) groups excluding carboxylic acids is 2. The first kappa shape index (κ1) is 20.4. The lowest BCUT2D eigenvalue weighted by molar-refractivity contribution is -0.197. The summed E-state index contributed by atoms with van der Waals surface area (Å²) in [6.07, 6.45) is 4.78. The number of ether oxygens (including phenoxy) is 2. The average Bonchev–Trinajstić information content (AvgIpc) is 2.70. The molecule has 0 amide bonds. The number of nitrogens with zero attached hydrogens (tertiary/aromatic N) is 1. The number of aryl methyl sites for hydroxylation is 1. The topological polar surface area (TPSA) is 85.7 Å². The van der Waals surface area contributed by atoms with E-state index >= 15 is 0 Å². The number of benzene rings is 1. The first-order valence-corrected chi connectivity index (χ1v) is 11.3. The third kappa shape index (κ3) is 3.41. The molecule has 1 heterocycles. The van der Waals surface area contributed by atoms with Crippen LogP contribution in [0.4, 0.5) is 0 Å². The number of para-hydroxylation sites is 1. The van der Waals surface area contributed by atoms with Crippen LogP contribution in [0.2, 0.25) is 0 Å². The minimum absolute atomic E-state index is 0.0752. The van der Waals surface area contributed by atoms with Crippen LogP contribution in [0, 0.1) is 24.2 Å². The Bertz CT molecular complexity index is 1050. The SMILES string of the molecule is CCOC(=O)c1c(COC(=O)C23CC4CC(CC(O)(C4)C2)C3)nc2ccccc2c1C. The van der Waals surface area contributed by atoms with Crippen molar-refractivity contribution in [3.8, 4) is 0 Å². The smallest absolute Gasteiger partial charge is 0.340 e. The van der Waals surface area contributed by atoms with E-state index in [0.717, 1.165) is 48.6 Å². The van der Waals surface area contributed by atoms with Gasteiger partial charge in [-0.15, -0.1) is 0 Å². The van der Waals surface area contributed by atoms with Crippen LogP contribution >= 0.6 is 0 Å². The third-order valence-electron chi connectivity index (χ3n) is 7.51. The molecule has 6 heteroatoms. The molecule has 1 N–H and O–H groups in total. The second-order valence-electron chi connectivity index (χ2n) is 9.84. The largest absolute Gasteiger partial charge is 0.462 e. The van der Waals surface area contributed by atoms with Crippen molar-refractivity contribution in [1.82, 2.24) is 4.98 Å². The number of esters is 2. The number of pyridine rings is 1. The second-order valence-corrected chi connectivity index (χ2v) is 9.84. The van der Waals surface area contributed by atoms with E-state index in [0.29, 0.717) is 29.5 Å². The zero-order valence-electron chi connectivity index (χ0n) is 18.1. The number of aromatic nitrogens is 1. The molecule has 1 aromatic carbocycles. The first-order valence-electron chi connectivity index (χ1n) is 11.3. The van der Waals surface area contributed by atoms with Gasteiger partial charge < -0.3 is 14.6 Å². The van der Waals surface area contributed by atoms with Gasteiger partial charge in [0.05, 0.1) is 34.4 Å². The van der Waals surface area contributed by atoms with Gasteiger partial charge in [0.2, 0.25) is 0 Å². The van der Waals surface area contributed by atoms with Gasteiger partial charge in [0, 0.05) is 5.39 Å². The Hall–Kier alpha value is -2.47. The van der Waals surface area contributed by atoms with Gasteiger partial charge in [0.1, 0.15) is 6.61 Å². The summed E-state index contributed by atoms with van der Waals surface area (Å²) in [4.78, 5) is 30.6. The van der Waals surface area contributed by atoms with Crippen LogP contribution in [0.15, 0.2) is 24.3 Å². The minimum Gasteiger partial charge on any atom is -0.462 e. The molecule has 0 spiro atoms. The molecule has 4 bridgehead atoms. The summed E-state index contributed by atoms with van der Waals surface area (Å²) in [6.45, 7) is 3.82. The Kier molecular flexibility index (Phi) is 4.81. The lowest BCUT2D eigenvalue weighted by Gasteiger charge is -2.58. The molecule has 4 saturated carbocycles. The van der Waals surface area contributed by atoms with Gasteiger partial charge in [0.15, 0.2) is 0 Å². The molecule has 0 saturated heterocycles. The lowest BCUT2D eigenvalue weighted by Crippen LogP contribution is -2.58. The molecule has 1 aromatic heterocycles. The average molecular weight is 424 g/mol. The molecule has 2 aromatic rings. The van der Waals surface area contributed by atoms with E-state index in [2.05, 4.69) is 4.98 Å². The normalized spacial score (nSPS) is 31.1. The Morgan fingerprint density at radius 2 is 1.84 bits per heavy atom. The standard InChI is InChI=1S/C25H29NO5/c1-3-30-22(27)21-15(2)18-6-4-5-7-19(18)26-20(21)13-31-23(28)24-9-16-8-17(10-24)12-25(29,11-16)14-24/h4-7,16-17,29H,3,8-14H2,1-2H3. The fourth-order valence-electron chi connectivity index (χ4n) is 6.76. The highest BCUT2D eigenvalue weighted by Crippen LogP contribution is 2.62. The van der Waals surface area contributed by atoms with Crippen LogP contribution < -0.4 is 0 Å². The van der Waals surface area contributed by atoms with Crippen molar-refractivity contribution in [3.63, 3.8) is 0 Å². The van der Waals surface area contributed by atoms with E-state index in [-0.39, 0.29) is 19.2 Å². The molecule has 4 fully saturated rings. The maximum atomic E-state index is 13.3. The van der Waals surface area contributed by atoms with Gasteiger partial charge in [-0.1, -0.05) is 18.2 Å². The molecule has 6 rings (SSSR count). The zero-order valence-corrected chi connectivity index (χ0v) is 18.1. The summed E-state index contributed by atoms with van der Waals surface area (Å²) in [6, 6.07) is 7.61. The predicted octanol–water partition coefficient (Wildman–Crippen LogP) is 4.09. The Morgan fingerprint density at radius 1 is 1.13 bits per heavy atom.